The fourth-order valence-corrected chi connectivity index (χ4v) is 1.80. The number of nitrogens with one attached hydrogen (secondary N) is 1. The molecule has 5 heteroatoms. The number of amides is 1. The molecular weight excluding hydrogens is 234 g/mol. The van der Waals surface area contributed by atoms with Gasteiger partial charge in [-0.1, -0.05) is 19.9 Å². The SMILES string of the molecule is CC(C)(CNC(=O)CO)c1ccc2c(c1)OCO2. The molecule has 0 aliphatic carbocycles. The Hall–Kier alpha value is -1.75. The van der Waals surface area contributed by atoms with Gasteiger partial charge in [0, 0.05) is 12.0 Å². The number of fused-ring (bicyclic) bond motifs is 1. The molecule has 0 bridgehead atoms. The maximum Gasteiger partial charge on any atom is 0.245 e. The summed E-state index contributed by atoms with van der Waals surface area (Å²) in [4.78, 5) is 11.1. The van der Waals surface area contributed by atoms with Gasteiger partial charge in [-0.05, 0) is 17.7 Å². The lowest BCUT2D eigenvalue weighted by Gasteiger charge is -2.25. The summed E-state index contributed by atoms with van der Waals surface area (Å²) in [7, 11) is 0. The highest BCUT2D eigenvalue weighted by Gasteiger charge is 2.24. The van der Waals surface area contributed by atoms with E-state index < -0.39 is 6.61 Å². The number of ether oxygens (including phenoxy) is 2. The minimum absolute atomic E-state index is 0.244. The van der Waals surface area contributed by atoms with E-state index in [1.165, 1.54) is 0 Å². The van der Waals surface area contributed by atoms with E-state index in [4.69, 9.17) is 14.6 Å². The Morgan fingerprint density at radius 3 is 2.83 bits per heavy atom. The van der Waals surface area contributed by atoms with Crippen molar-refractivity contribution in [1.82, 2.24) is 5.32 Å². The van der Waals surface area contributed by atoms with Crippen LogP contribution < -0.4 is 14.8 Å². The van der Waals surface area contributed by atoms with Crippen LogP contribution in [0.3, 0.4) is 0 Å². The van der Waals surface area contributed by atoms with Gasteiger partial charge in [0.25, 0.3) is 0 Å². The predicted molar refractivity (Wildman–Crippen MR) is 65.7 cm³/mol. The lowest BCUT2D eigenvalue weighted by molar-refractivity contribution is -0.124. The van der Waals surface area contributed by atoms with Crippen molar-refractivity contribution in [1.29, 1.82) is 0 Å². The molecule has 2 N–H and O–H groups in total. The lowest BCUT2D eigenvalue weighted by Crippen LogP contribution is -2.37. The third kappa shape index (κ3) is 2.56. The number of hydrogen-bond donors (Lipinski definition) is 2. The Bertz CT molecular complexity index is 456. The van der Waals surface area contributed by atoms with Crippen molar-refractivity contribution in [3.63, 3.8) is 0 Å². The van der Waals surface area contributed by atoms with Crippen LogP contribution in [0.1, 0.15) is 19.4 Å². The Balaban J connectivity index is 2.11. The highest BCUT2D eigenvalue weighted by molar-refractivity contribution is 5.77. The molecule has 1 heterocycles. The first-order valence-electron chi connectivity index (χ1n) is 5.80. The van der Waals surface area contributed by atoms with Crippen molar-refractivity contribution in [3.8, 4) is 11.5 Å². The maximum atomic E-state index is 11.1. The van der Waals surface area contributed by atoms with Crippen LogP contribution in [-0.2, 0) is 10.2 Å². The van der Waals surface area contributed by atoms with Gasteiger partial charge in [-0.3, -0.25) is 4.79 Å². The molecule has 0 unspecified atom stereocenters. The van der Waals surface area contributed by atoms with Gasteiger partial charge >= 0.3 is 0 Å². The average molecular weight is 251 g/mol. The summed E-state index contributed by atoms with van der Waals surface area (Å²) in [6.07, 6.45) is 0. The van der Waals surface area contributed by atoms with Gasteiger partial charge < -0.3 is 19.9 Å². The third-order valence-corrected chi connectivity index (χ3v) is 3.03. The van der Waals surface area contributed by atoms with Crippen LogP contribution in [0.25, 0.3) is 0 Å². The number of rotatable bonds is 4. The number of aliphatic hydroxyl groups excluding tert-OH is 1. The molecule has 0 radical (unpaired) electrons. The van der Waals surface area contributed by atoms with E-state index in [0.29, 0.717) is 6.54 Å². The Labute approximate surface area is 106 Å². The number of carbonyl (C=O) groups excluding carboxylic acids is 1. The van der Waals surface area contributed by atoms with E-state index in [2.05, 4.69) is 5.32 Å². The molecule has 0 saturated heterocycles. The standard InChI is InChI=1S/C13H17NO4/c1-13(2,7-14-12(16)6-15)9-3-4-10-11(5-9)18-8-17-10/h3-5,15H,6-8H2,1-2H3,(H,14,16). The van der Waals surface area contributed by atoms with Gasteiger partial charge in [0.2, 0.25) is 12.7 Å². The lowest BCUT2D eigenvalue weighted by atomic mass is 9.84. The zero-order chi connectivity index (χ0) is 13.2. The van der Waals surface area contributed by atoms with Crippen molar-refractivity contribution in [2.45, 2.75) is 19.3 Å². The first-order valence-corrected chi connectivity index (χ1v) is 5.80. The Morgan fingerprint density at radius 1 is 1.39 bits per heavy atom. The molecule has 1 aromatic carbocycles. The summed E-state index contributed by atoms with van der Waals surface area (Å²) in [5, 5.41) is 11.4. The first-order chi connectivity index (χ1) is 8.53. The second-order valence-electron chi connectivity index (χ2n) is 4.89. The van der Waals surface area contributed by atoms with Crippen LogP contribution in [0.2, 0.25) is 0 Å². The summed E-state index contributed by atoms with van der Waals surface area (Å²) in [6.45, 7) is 4.24. The minimum atomic E-state index is -0.489. The maximum absolute atomic E-state index is 11.1. The molecule has 2 rings (SSSR count). The smallest absolute Gasteiger partial charge is 0.245 e. The van der Waals surface area contributed by atoms with Crippen molar-refractivity contribution in [3.05, 3.63) is 23.8 Å². The summed E-state index contributed by atoms with van der Waals surface area (Å²) in [5.41, 5.74) is 0.802. The average Bonchev–Trinajstić information content (AvgIpc) is 2.83. The van der Waals surface area contributed by atoms with Crippen LogP contribution in [0.5, 0.6) is 11.5 Å². The number of aliphatic hydroxyl groups is 1. The van der Waals surface area contributed by atoms with Gasteiger partial charge in [-0.15, -0.1) is 0 Å². The zero-order valence-corrected chi connectivity index (χ0v) is 10.5. The molecule has 5 nitrogen and oxygen atoms in total. The van der Waals surface area contributed by atoms with E-state index in [9.17, 15) is 4.79 Å². The Kier molecular flexibility index (Phi) is 3.43. The zero-order valence-electron chi connectivity index (χ0n) is 10.5. The fourth-order valence-electron chi connectivity index (χ4n) is 1.80. The molecule has 1 aliphatic rings. The largest absolute Gasteiger partial charge is 0.454 e. The van der Waals surface area contributed by atoms with Crippen LogP contribution in [-0.4, -0.2) is 31.0 Å². The topological polar surface area (TPSA) is 67.8 Å². The normalized spacial score (nSPS) is 13.5. The van der Waals surface area contributed by atoms with Crippen LogP contribution in [0, 0.1) is 0 Å². The third-order valence-electron chi connectivity index (χ3n) is 3.03. The van der Waals surface area contributed by atoms with Crippen molar-refractivity contribution in [2.24, 2.45) is 0 Å². The number of benzene rings is 1. The minimum Gasteiger partial charge on any atom is -0.454 e. The molecule has 98 valence electrons. The van der Waals surface area contributed by atoms with E-state index in [-0.39, 0.29) is 18.1 Å². The second-order valence-corrected chi connectivity index (χ2v) is 4.89. The highest BCUT2D eigenvalue weighted by Crippen LogP contribution is 2.36. The molecule has 0 spiro atoms. The summed E-state index contributed by atoms with van der Waals surface area (Å²) >= 11 is 0. The number of carbonyl (C=O) groups is 1. The van der Waals surface area contributed by atoms with Crippen molar-refractivity contribution >= 4 is 5.91 Å². The van der Waals surface area contributed by atoms with Crippen molar-refractivity contribution < 1.29 is 19.4 Å². The van der Waals surface area contributed by atoms with Crippen molar-refractivity contribution in [2.75, 3.05) is 19.9 Å². The van der Waals surface area contributed by atoms with E-state index in [0.717, 1.165) is 17.1 Å². The van der Waals surface area contributed by atoms with Gasteiger partial charge in [-0.2, -0.15) is 0 Å². The fraction of sp³-hybridized carbons (Fsp3) is 0.462. The molecule has 18 heavy (non-hydrogen) atoms. The van der Waals surface area contributed by atoms with Gasteiger partial charge in [0.1, 0.15) is 6.61 Å². The van der Waals surface area contributed by atoms with Gasteiger partial charge in [0.05, 0.1) is 0 Å². The van der Waals surface area contributed by atoms with Crippen LogP contribution >= 0.6 is 0 Å². The molecule has 1 amide bonds. The van der Waals surface area contributed by atoms with Gasteiger partial charge in [-0.25, -0.2) is 0 Å². The first kappa shape index (κ1) is 12.7. The highest BCUT2D eigenvalue weighted by atomic mass is 16.7. The molecule has 1 aromatic rings. The molecule has 0 saturated carbocycles. The van der Waals surface area contributed by atoms with E-state index in [1.54, 1.807) is 0 Å². The monoisotopic (exact) mass is 251 g/mol. The van der Waals surface area contributed by atoms with Crippen LogP contribution in [0.4, 0.5) is 0 Å². The second kappa shape index (κ2) is 4.86. The molecule has 0 atom stereocenters. The Morgan fingerprint density at radius 2 is 2.11 bits per heavy atom. The van der Waals surface area contributed by atoms with Gasteiger partial charge in [0.15, 0.2) is 11.5 Å². The predicted octanol–water partition coefficient (Wildman–Crippen LogP) is 0.801. The summed E-state index contributed by atoms with van der Waals surface area (Å²) < 4.78 is 10.6. The van der Waals surface area contributed by atoms with Crippen LogP contribution in [0.15, 0.2) is 18.2 Å². The molecule has 1 aliphatic heterocycles. The summed E-state index contributed by atoms with van der Waals surface area (Å²) in [6, 6.07) is 5.75. The van der Waals surface area contributed by atoms with E-state index in [1.807, 2.05) is 32.0 Å². The molecular formula is C13H17NO4. The quantitative estimate of drug-likeness (QED) is 0.830. The molecule has 0 aromatic heterocycles. The summed E-state index contributed by atoms with van der Waals surface area (Å²) in [5.74, 6) is 1.10. The number of hydrogen-bond acceptors (Lipinski definition) is 4. The molecule has 0 fully saturated rings. The van der Waals surface area contributed by atoms with E-state index >= 15 is 0 Å².